The Morgan fingerprint density at radius 1 is 1.10 bits per heavy atom. The van der Waals surface area contributed by atoms with E-state index >= 15 is 0 Å². The Balaban J connectivity index is 2.02. The third kappa shape index (κ3) is 6.17. The topological polar surface area (TPSA) is 129 Å². The average molecular weight is 417 g/mol. The molecule has 2 N–H and O–H groups in total. The number of nitrogens with one attached hydrogen (secondary N) is 2. The molecule has 2 rings (SSSR count). The molecule has 0 aromatic heterocycles. The van der Waals surface area contributed by atoms with Gasteiger partial charge in [0.25, 0.3) is 11.6 Å². The van der Waals surface area contributed by atoms with Crippen LogP contribution in [0.5, 0.6) is 5.75 Å². The summed E-state index contributed by atoms with van der Waals surface area (Å²) in [6, 6.07) is 9.14. The first-order valence-corrected chi connectivity index (χ1v) is 8.98. The minimum Gasteiger partial charge on any atom is -0.495 e. The summed E-state index contributed by atoms with van der Waals surface area (Å²) >= 11 is 0. The van der Waals surface area contributed by atoms with Crippen molar-refractivity contribution in [2.24, 2.45) is 0 Å². The lowest BCUT2D eigenvalue weighted by Crippen LogP contribution is -2.21. The zero-order valence-corrected chi connectivity index (χ0v) is 16.9. The van der Waals surface area contributed by atoms with E-state index in [1.54, 1.807) is 12.1 Å². The minimum absolute atomic E-state index is 0.0417. The van der Waals surface area contributed by atoms with E-state index in [4.69, 9.17) is 14.2 Å². The van der Waals surface area contributed by atoms with Crippen LogP contribution in [0.2, 0.25) is 0 Å². The van der Waals surface area contributed by atoms with Gasteiger partial charge in [-0.05, 0) is 36.8 Å². The summed E-state index contributed by atoms with van der Waals surface area (Å²) in [4.78, 5) is 35.0. The predicted molar refractivity (Wildman–Crippen MR) is 110 cm³/mol. The number of nitrogens with zero attached hydrogens (tertiary/aromatic N) is 1. The second-order valence-corrected chi connectivity index (χ2v) is 6.24. The molecule has 0 aliphatic heterocycles. The normalized spacial score (nSPS) is 10.2. The van der Waals surface area contributed by atoms with Crippen LogP contribution >= 0.6 is 0 Å². The number of aryl methyl sites for hydroxylation is 1. The van der Waals surface area contributed by atoms with Gasteiger partial charge in [-0.3, -0.25) is 14.9 Å². The van der Waals surface area contributed by atoms with Crippen LogP contribution in [0.1, 0.15) is 15.9 Å². The standard InChI is InChI=1S/C20H23N3O7/c1-13-4-7-18(29-3)16(10-13)22-19(24)12-30-20(25)14-5-6-15(21-8-9-28-2)17(11-14)23(26)27/h4-7,10-11,21H,8-9,12H2,1-3H3,(H,22,24). The maximum atomic E-state index is 12.2. The van der Waals surface area contributed by atoms with Crippen LogP contribution < -0.4 is 15.4 Å². The van der Waals surface area contributed by atoms with E-state index in [2.05, 4.69) is 10.6 Å². The quantitative estimate of drug-likeness (QED) is 0.261. The van der Waals surface area contributed by atoms with Gasteiger partial charge in [0.15, 0.2) is 6.61 Å². The van der Waals surface area contributed by atoms with E-state index in [1.165, 1.54) is 26.4 Å². The molecule has 10 nitrogen and oxygen atoms in total. The minimum atomic E-state index is -0.854. The number of anilines is 2. The van der Waals surface area contributed by atoms with Gasteiger partial charge >= 0.3 is 5.97 Å². The first-order chi connectivity index (χ1) is 14.3. The summed E-state index contributed by atoms with van der Waals surface area (Å²) in [5.41, 5.74) is 1.28. The third-order valence-electron chi connectivity index (χ3n) is 4.02. The number of hydrogen-bond acceptors (Lipinski definition) is 8. The van der Waals surface area contributed by atoms with Crippen LogP contribution in [-0.2, 0) is 14.3 Å². The molecular formula is C20H23N3O7. The number of hydrogen-bond donors (Lipinski definition) is 2. The maximum absolute atomic E-state index is 12.2. The highest BCUT2D eigenvalue weighted by molar-refractivity contribution is 5.97. The molecule has 0 radical (unpaired) electrons. The van der Waals surface area contributed by atoms with Gasteiger partial charge in [0.05, 0.1) is 29.9 Å². The molecule has 0 saturated heterocycles. The monoisotopic (exact) mass is 417 g/mol. The largest absolute Gasteiger partial charge is 0.495 e. The van der Waals surface area contributed by atoms with E-state index in [0.717, 1.165) is 11.6 Å². The molecule has 1 amide bonds. The highest BCUT2D eigenvalue weighted by atomic mass is 16.6. The second kappa shape index (κ2) is 10.8. The van der Waals surface area contributed by atoms with Gasteiger partial charge in [0, 0.05) is 19.7 Å². The van der Waals surface area contributed by atoms with Crippen molar-refractivity contribution in [1.82, 2.24) is 0 Å². The van der Waals surface area contributed by atoms with Gasteiger partial charge in [-0.1, -0.05) is 6.07 Å². The second-order valence-electron chi connectivity index (χ2n) is 6.24. The molecule has 0 fully saturated rings. The SMILES string of the molecule is COCCNc1ccc(C(=O)OCC(=O)Nc2cc(C)ccc2OC)cc1[N+](=O)[O-]. The number of rotatable bonds is 10. The smallest absolute Gasteiger partial charge is 0.338 e. The molecule has 0 heterocycles. The zero-order chi connectivity index (χ0) is 22.1. The van der Waals surface area contributed by atoms with E-state index in [9.17, 15) is 19.7 Å². The lowest BCUT2D eigenvalue weighted by atomic mass is 10.1. The van der Waals surface area contributed by atoms with Gasteiger partial charge in [-0.15, -0.1) is 0 Å². The number of methoxy groups -OCH3 is 2. The van der Waals surface area contributed by atoms with Gasteiger partial charge < -0.3 is 24.8 Å². The highest BCUT2D eigenvalue weighted by Crippen LogP contribution is 2.26. The molecule has 2 aromatic rings. The summed E-state index contributed by atoms with van der Waals surface area (Å²) in [7, 11) is 2.99. The number of nitro groups is 1. The van der Waals surface area contributed by atoms with Crippen molar-refractivity contribution < 1.29 is 28.7 Å². The van der Waals surface area contributed by atoms with Crippen molar-refractivity contribution in [3.05, 3.63) is 57.6 Å². The molecule has 30 heavy (non-hydrogen) atoms. The van der Waals surface area contributed by atoms with E-state index in [0.29, 0.717) is 24.6 Å². The van der Waals surface area contributed by atoms with E-state index in [-0.39, 0.29) is 16.9 Å². The summed E-state index contributed by atoms with van der Waals surface area (Å²) in [5, 5.41) is 16.8. The van der Waals surface area contributed by atoms with E-state index in [1.807, 2.05) is 13.0 Å². The number of carbonyl (C=O) groups is 2. The molecule has 0 spiro atoms. The van der Waals surface area contributed by atoms with Gasteiger partial charge in [-0.2, -0.15) is 0 Å². The molecule has 0 unspecified atom stereocenters. The average Bonchev–Trinajstić information content (AvgIpc) is 2.72. The van der Waals surface area contributed by atoms with Crippen LogP contribution in [0.4, 0.5) is 17.1 Å². The fourth-order valence-electron chi connectivity index (χ4n) is 2.57. The Hall–Kier alpha value is -3.66. The number of esters is 1. The number of nitro benzene ring substituents is 1. The van der Waals surface area contributed by atoms with Crippen molar-refractivity contribution in [2.75, 3.05) is 44.6 Å². The summed E-state index contributed by atoms with van der Waals surface area (Å²) in [5.74, 6) is -0.958. The Labute approximate surface area is 173 Å². The first kappa shape index (κ1) is 22.6. The van der Waals surface area contributed by atoms with Gasteiger partial charge in [0.2, 0.25) is 0 Å². The van der Waals surface area contributed by atoms with Crippen molar-refractivity contribution in [3.8, 4) is 5.75 Å². The lowest BCUT2D eigenvalue weighted by Gasteiger charge is -2.11. The molecule has 0 aliphatic rings. The summed E-state index contributed by atoms with van der Waals surface area (Å²) < 4.78 is 15.1. The fourth-order valence-corrected chi connectivity index (χ4v) is 2.57. The molecule has 0 bridgehead atoms. The molecule has 160 valence electrons. The molecule has 0 atom stereocenters. The van der Waals surface area contributed by atoms with Crippen LogP contribution in [0.25, 0.3) is 0 Å². The van der Waals surface area contributed by atoms with Crippen molar-refractivity contribution in [3.63, 3.8) is 0 Å². The molecule has 0 saturated carbocycles. The Morgan fingerprint density at radius 2 is 1.87 bits per heavy atom. The number of carbonyl (C=O) groups excluding carboxylic acids is 2. The Bertz CT molecular complexity index is 931. The van der Waals surface area contributed by atoms with Gasteiger partial charge in [-0.25, -0.2) is 4.79 Å². The maximum Gasteiger partial charge on any atom is 0.338 e. The van der Waals surface area contributed by atoms with Crippen LogP contribution in [0.15, 0.2) is 36.4 Å². The Kier molecular flexibility index (Phi) is 8.12. The number of amides is 1. The summed E-state index contributed by atoms with van der Waals surface area (Å²) in [6.45, 7) is 2.03. The van der Waals surface area contributed by atoms with Crippen LogP contribution in [0, 0.1) is 17.0 Å². The molecule has 0 aliphatic carbocycles. The highest BCUT2D eigenvalue weighted by Gasteiger charge is 2.19. The number of ether oxygens (including phenoxy) is 3. The summed E-state index contributed by atoms with van der Waals surface area (Å²) in [6.07, 6.45) is 0. The molecule has 2 aromatic carbocycles. The van der Waals surface area contributed by atoms with Crippen LogP contribution in [-0.4, -0.2) is 50.8 Å². The van der Waals surface area contributed by atoms with Crippen molar-refractivity contribution in [2.45, 2.75) is 6.92 Å². The van der Waals surface area contributed by atoms with E-state index < -0.39 is 23.4 Å². The third-order valence-corrected chi connectivity index (χ3v) is 4.02. The number of benzene rings is 2. The van der Waals surface area contributed by atoms with Crippen molar-refractivity contribution >= 4 is 28.9 Å². The molecular weight excluding hydrogens is 394 g/mol. The van der Waals surface area contributed by atoms with Crippen molar-refractivity contribution in [1.29, 1.82) is 0 Å². The van der Waals surface area contributed by atoms with Gasteiger partial charge in [0.1, 0.15) is 11.4 Å². The predicted octanol–water partition coefficient (Wildman–Crippen LogP) is 2.77. The first-order valence-electron chi connectivity index (χ1n) is 8.98. The van der Waals surface area contributed by atoms with Crippen LogP contribution in [0.3, 0.4) is 0 Å². The zero-order valence-electron chi connectivity index (χ0n) is 16.9. The Morgan fingerprint density at radius 3 is 2.53 bits per heavy atom. The fraction of sp³-hybridized carbons (Fsp3) is 0.300. The lowest BCUT2D eigenvalue weighted by molar-refractivity contribution is -0.384. The molecule has 10 heteroatoms.